The first kappa shape index (κ1) is 13.5. The molecule has 1 aromatic carbocycles. The molecule has 0 aliphatic heterocycles. The average molecular weight is 230 g/mol. The maximum atomic E-state index is 4.19. The van der Waals surface area contributed by atoms with E-state index in [1.54, 1.807) is 0 Å². The van der Waals surface area contributed by atoms with Gasteiger partial charge in [0.2, 0.25) is 0 Å². The molecule has 2 heteroatoms. The van der Waals surface area contributed by atoms with Gasteiger partial charge in [-0.1, -0.05) is 39.0 Å². The summed E-state index contributed by atoms with van der Waals surface area (Å²) in [7, 11) is 1.94. The number of nitrogens with zero attached hydrogens (tertiary/aromatic N) is 2. The van der Waals surface area contributed by atoms with Crippen LogP contribution in [0.4, 0.5) is 0 Å². The van der Waals surface area contributed by atoms with Gasteiger partial charge in [-0.15, -0.1) is 0 Å². The normalized spacial score (nSPS) is 9.71. The molecule has 2 nitrogen and oxygen atoms in total. The van der Waals surface area contributed by atoms with Crippen molar-refractivity contribution < 1.29 is 0 Å². The summed E-state index contributed by atoms with van der Waals surface area (Å²) in [6.45, 7) is 8.35. The molecule has 0 unspecified atom stereocenters. The monoisotopic (exact) mass is 230 g/mol. The van der Waals surface area contributed by atoms with Gasteiger partial charge in [-0.2, -0.15) is 5.10 Å². The lowest BCUT2D eigenvalue weighted by molar-refractivity contribution is 0.768. The molecule has 2 rings (SSSR count). The van der Waals surface area contributed by atoms with Gasteiger partial charge in [-0.25, -0.2) is 0 Å². The SMILES string of the molecule is CC.CCc1cc(-c2cnn(C)c2)ccc1C. The quantitative estimate of drug-likeness (QED) is 0.763. The summed E-state index contributed by atoms with van der Waals surface area (Å²) in [5, 5.41) is 4.19. The summed E-state index contributed by atoms with van der Waals surface area (Å²) in [6, 6.07) is 6.60. The zero-order valence-electron chi connectivity index (χ0n) is 11.5. The molecule has 0 fully saturated rings. The molecule has 17 heavy (non-hydrogen) atoms. The van der Waals surface area contributed by atoms with E-state index < -0.39 is 0 Å². The number of aryl methyl sites for hydroxylation is 3. The van der Waals surface area contributed by atoms with Crippen LogP contribution in [0.5, 0.6) is 0 Å². The van der Waals surface area contributed by atoms with Crippen LogP contribution in [0.1, 0.15) is 31.9 Å². The highest BCUT2D eigenvalue weighted by atomic mass is 15.2. The Balaban J connectivity index is 0.000000686. The first-order valence-electron chi connectivity index (χ1n) is 6.29. The molecule has 92 valence electrons. The maximum Gasteiger partial charge on any atom is 0.0568 e. The van der Waals surface area contributed by atoms with E-state index in [9.17, 15) is 0 Å². The molecule has 0 saturated heterocycles. The lowest BCUT2D eigenvalue weighted by Gasteiger charge is -2.05. The van der Waals surface area contributed by atoms with Gasteiger partial charge >= 0.3 is 0 Å². The van der Waals surface area contributed by atoms with E-state index in [0.717, 1.165) is 6.42 Å². The first-order valence-corrected chi connectivity index (χ1v) is 6.29. The van der Waals surface area contributed by atoms with Gasteiger partial charge < -0.3 is 0 Å². The van der Waals surface area contributed by atoms with Crippen LogP contribution in [0.3, 0.4) is 0 Å². The summed E-state index contributed by atoms with van der Waals surface area (Å²) in [4.78, 5) is 0. The van der Waals surface area contributed by atoms with Crippen molar-refractivity contribution >= 4 is 0 Å². The van der Waals surface area contributed by atoms with Crippen molar-refractivity contribution in [2.45, 2.75) is 34.1 Å². The van der Waals surface area contributed by atoms with Crippen molar-refractivity contribution in [3.8, 4) is 11.1 Å². The molecule has 0 atom stereocenters. The van der Waals surface area contributed by atoms with Crippen LogP contribution in [-0.2, 0) is 13.5 Å². The number of hydrogen-bond donors (Lipinski definition) is 0. The molecule has 0 saturated carbocycles. The van der Waals surface area contributed by atoms with Crippen LogP contribution >= 0.6 is 0 Å². The van der Waals surface area contributed by atoms with E-state index >= 15 is 0 Å². The smallest absolute Gasteiger partial charge is 0.0568 e. The lowest BCUT2D eigenvalue weighted by atomic mass is 10.0. The fraction of sp³-hybridized carbons (Fsp3) is 0.400. The minimum atomic E-state index is 1.08. The van der Waals surface area contributed by atoms with Crippen LogP contribution in [0.2, 0.25) is 0 Å². The van der Waals surface area contributed by atoms with Crippen LogP contribution in [-0.4, -0.2) is 9.78 Å². The minimum Gasteiger partial charge on any atom is -0.275 e. The second-order valence-electron chi connectivity index (χ2n) is 3.90. The molecular weight excluding hydrogens is 208 g/mol. The van der Waals surface area contributed by atoms with Gasteiger partial charge in [-0.05, 0) is 30.0 Å². The van der Waals surface area contributed by atoms with Crippen molar-refractivity contribution in [3.63, 3.8) is 0 Å². The standard InChI is InChI=1S/C13H16N2.C2H6/c1-4-11-7-12(6-5-10(11)2)13-8-14-15(3)9-13;1-2/h5-9H,4H2,1-3H3;1-2H3. The summed E-state index contributed by atoms with van der Waals surface area (Å²) in [5.74, 6) is 0. The molecule has 0 radical (unpaired) electrons. The Kier molecular flexibility index (Phi) is 4.95. The van der Waals surface area contributed by atoms with Crippen LogP contribution in [0.25, 0.3) is 11.1 Å². The number of hydrogen-bond acceptors (Lipinski definition) is 1. The highest BCUT2D eigenvalue weighted by Crippen LogP contribution is 2.21. The fourth-order valence-corrected chi connectivity index (χ4v) is 1.80. The summed E-state index contributed by atoms with van der Waals surface area (Å²) < 4.78 is 1.83. The van der Waals surface area contributed by atoms with Crippen molar-refractivity contribution in [3.05, 3.63) is 41.7 Å². The molecule has 0 aliphatic carbocycles. The van der Waals surface area contributed by atoms with Crippen molar-refractivity contribution in [1.29, 1.82) is 0 Å². The Labute approximate surface area is 104 Å². The lowest BCUT2D eigenvalue weighted by Crippen LogP contribution is -1.87. The highest BCUT2D eigenvalue weighted by molar-refractivity contribution is 5.63. The van der Waals surface area contributed by atoms with Gasteiger partial charge in [-0.3, -0.25) is 4.68 Å². The van der Waals surface area contributed by atoms with E-state index in [-0.39, 0.29) is 0 Å². The average Bonchev–Trinajstić information content (AvgIpc) is 2.79. The highest BCUT2D eigenvalue weighted by Gasteiger charge is 2.02. The van der Waals surface area contributed by atoms with Crippen LogP contribution < -0.4 is 0 Å². The van der Waals surface area contributed by atoms with Gasteiger partial charge in [0.15, 0.2) is 0 Å². The molecular formula is C15H22N2. The van der Waals surface area contributed by atoms with E-state index in [4.69, 9.17) is 0 Å². The topological polar surface area (TPSA) is 17.8 Å². The number of aromatic nitrogens is 2. The van der Waals surface area contributed by atoms with Gasteiger partial charge in [0.25, 0.3) is 0 Å². The van der Waals surface area contributed by atoms with Crippen LogP contribution in [0.15, 0.2) is 30.6 Å². The largest absolute Gasteiger partial charge is 0.275 e. The van der Waals surface area contributed by atoms with Crippen molar-refractivity contribution in [1.82, 2.24) is 9.78 Å². The second kappa shape index (κ2) is 6.24. The Hall–Kier alpha value is -1.57. The zero-order chi connectivity index (χ0) is 12.8. The third-order valence-corrected chi connectivity index (χ3v) is 2.77. The predicted molar refractivity (Wildman–Crippen MR) is 74.1 cm³/mol. The molecule has 0 amide bonds. The molecule has 1 heterocycles. The molecule has 0 bridgehead atoms. The van der Waals surface area contributed by atoms with E-state index in [2.05, 4.69) is 37.1 Å². The van der Waals surface area contributed by atoms with E-state index in [1.165, 1.54) is 22.3 Å². The molecule has 2 aromatic rings. The Morgan fingerprint density at radius 3 is 2.41 bits per heavy atom. The molecule has 1 aromatic heterocycles. The van der Waals surface area contributed by atoms with Gasteiger partial charge in [0.05, 0.1) is 6.20 Å². The Morgan fingerprint density at radius 1 is 1.18 bits per heavy atom. The fourth-order valence-electron chi connectivity index (χ4n) is 1.80. The number of rotatable bonds is 2. The second-order valence-corrected chi connectivity index (χ2v) is 3.90. The van der Waals surface area contributed by atoms with Crippen molar-refractivity contribution in [2.75, 3.05) is 0 Å². The summed E-state index contributed by atoms with van der Waals surface area (Å²) >= 11 is 0. The molecule has 0 N–H and O–H groups in total. The Morgan fingerprint density at radius 2 is 1.88 bits per heavy atom. The predicted octanol–water partition coefficient (Wildman–Crippen LogP) is 3.98. The summed E-state index contributed by atoms with van der Waals surface area (Å²) in [6.07, 6.45) is 5.04. The van der Waals surface area contributed by atoms with E-state index in [1.807, 2.05) is 38.0 Å². The first-order chi connectivity index (χ1) is 8.20. The zero-order valence-corrected chi connectivity index (χ0v) is 11.5. The molecule has 0 aliphatic rings. The van der Waals surface area contributed by atoms with Crippen molar-refractivity contribution in [2.24, 2.45) is 7.05 Å². The maximum absolute atomic E-state index is 4.19. The van der Waals surface area contributed by atoms with E-state index in [0.29, 0.717) is 0 Å². The van der Waals surface area contributed by atoms with Gasteiger partial charge in [0, 0.05) is 18.8 Å². The van der Waals surface area contributed by atoms with Crippen LogP contribution in [0, 0.1) is 6.92 Å². The third kappa shape index (κ3) is 3.19. The minimum absolute atomic E-state index is 1.08. The number of benzene rings is 1. The Bertz CT molecular complexity index is 470. The molecule has 0 spiro atoms. The van der Waals surface area contributed by atoms with Gasteiger partial charge in [0.1, 0.15) is 0 Å². The summed E-state index contributed by atoms with van der Waals surface area (Å²) in [5.41, 5.74) is 5.22. The third-order valence-electron chi connectivity index (χ3n) is 2.77.